The van der Waals surface area contributed by atoms with Gasteiger partial charge in [-0.2, -0.15) is 0 Å². The van der Waals surface area contributed by atoms with Crippen molar-refractivity contribution < 1.29 is 9.53 Å². The van der Waals surface area contributed by atoms with Crippen LogP contribution in [0.1, 0.15) is 29.9 Å². The fourth-order valence-corrected chi connectivity index (χ4v) is 3.14. The van der Waals surface area contributed by atoms with Gasteiger partial charge in [-0.05, 0) is 24.1 Å². The van der Waals surface area contributed by atoms with Crippen LogP contribution in [-0.4, -0.2) is 17.6 Å². The lowest BCUT2D eigenvalue weighted by atomic mass is 10.1. The number of ether oxygens (including phenoxy) is 1. The van der Waals surface area contributed by atoms with Gasteiger partial charge in [-0.3, -0.25) is 9.78 Å². The lowest BCUT2D eigenvalue weighted by molar-refractivity contribution is -0.144. The Balaban J connectivity index is 1.92. The van der Waals surface area contributed by atoms with Crippen molar-refractivity contribution in [1.82, 2.24) is 4.98 Å². The molecule has 3 atom stereocenters. The van der Waals surface area contributed by atoms with E-state index in [-0.39, 0.29) is 23.7 Å². The maximum absolute atomic E-state index is 12.2. The van der Waals surface area contributed by atoms with Gasteiger partial charge in [0.1, 0.15) is 0 Å². The molecule has 108 valence electrons. The SMILES string of the molecule is CCOC(=O)C1C(c2ccccc2)C1c1cncc(Cl)c1. The van der Waals surface area contributed by atoms with Crippen LogP contribution in [0, 0.1) is 5.92 Å². The second kappa shape index (κ2) is 5.86. The van der Waals surface area contributed by atoms with Crippen LogP contribution in [0.2, 0.25) is 5.02 Å². The third-order valence-electron chi connectivity index (χ3n) is 3.87. The highest BCUT2D eigenvalue weighted by Crippen LogP contribution is 2.60. The first-order chi connectivity index (χ1) is 10.2. The summed E-state index contributed by atoms with van der Waals surface area (Å²) in [7, 11) is 0. The molecule has 2 aromatic rings. The zero-order valence-electron chi connectivity index (χ0n) is 11.7. The number of halogens is 1. The molecule has 0 bridgehead atoms. The maximum atomic E-state index is 12.2. The topological polar surface area (TPSA) is 39.2 Å². The molecule has 0 saturated heterocycles. The number of nitrogens with zero attached hydrogens (tertiary/aromatic N) is 1. The van der Waals surface area contributed by atoms with Crippen LogP contribution < -0.4 is 0 Å². The molecule has 0 amide bonds. The van der Waals surface area contributed by atoms with Crippen LogP contribution in [0.4, 0.5) is 0 Å². The van der Waals surface area contributed by atoms with E-state index in [0.29, 0.717) is 11.6 Å². The second-order valence-corrected chi connectivity index (χ2v) is 5.61. The summed E-state index contributed by atoms with van der Waals surface area (Å²) in [5, 5.41) is 0.592. The molecule has 0 spiro atoms. The Kier molecular flexibility index (Phi) is 3.93. The minimum absolute atomic E-state index is 0.0950. The molecule has 0 radical (unpaired) electrons. The molecular formula is C17H16ClNO2. The third-order valence-corrected chi connectivity index (χ3v) is 4.08. The number of esters is 1. The summed E-state index contributed by atoms with van der Waals surface area (Å²) in [4.78, 5) is 16.3. The average molecular weight is 302 g/mol. The summed E-state index contributed by atoms with van der Waals surface area (Å²) in [6, 6.07) is 11.9. The molecule has 3 unspecified atom stereocenters. The first kappa shape index (κ1) is 14.1. The molecular weight excluding hydrogens is 286 g/mol. The highest BCUT2D eigenvalue weighted by atomic mass is 35.5. The monoisotopic (exact) mass is 301 g/mol. The number of hydrogen-bond donors (Lipinski definition) is 0. The van der Waals surface area contributed by atoms with Crippen LogP contribution >= 0.6 is 11.6 Å². The lowest BCUT2D eigenvalue weighted by Crippen LogP contribution is -2.08. The number of rotatable bonds is 4. The molecule has 4 heteroatoms. The van der Waals surface area contributed by atoms with E-state index in [0.717, 1.165) is 11.1 Å². The number of hydrogen-bond acceptors (Lipinski definition) is 3. The van der Waals surface area contributed by atoms with Crippen LogP contribution in [0.3, 0.4) is 0 Å². The average Bonchev–Trinajstić information content (AvgIpc) is 3.24. The first-order valence-corrected chi connectivity index (χ1v) is 7.42. The summed E-state index contributed by atoms with van der Waals surface area (Å²) < 4.78 is 5.21. The molecule has 3 rings (SSSR count). The molecule has 1 aromatic heterocycles. The van der Waals surface area contributed by atoms with Gasteiger partial charge in [-0.15, -0.1) is 0 Å². The van der Waals surface area contributed by atoms with E-state index >= 15 is 0 Å². The van der Waals surface area contributed by atoms with E-state index in [4.69, 9.17) is 16.3 Å². The number of benzene rings is 1. The first-order valence-electron chi connectivity index (χ1n) is 7.04. The van der Waals surface area contributed by atoms with Crippen molar-refractivity contribution in [2.75, 3.05) is 6.61 Å². The van der Waals surface area contributed by atoms with Gasteiger partial charge >= 0.3 is 5.97 Å². The van der Waals surface area contributed by atoms with Gasteiger partial charge in [0, 0.05) is 24.2 Å². The van der Waals surface area contributed by atoms with Crippen molar-refractivity contribution in [3.63, 3.8) is 0 Å². The largest absolute Gasteiger partial charge is 0.466 e. The van der Waals surface area contributed by atoms with Gasteiger partial charge in [-0.25, -0.2) is 0 Å². The van der Waals surface area contributed by atoms with Crippen molar-refractivity contribution in [3.05, 3.63) is 64.9 Å². The van der Waals surface area contributed by atoms with Crippen molar-refractivity contribution in [1.29, 1.82) is 0 Å². The van der Waals surface area contributed by atoms with Gasteiger partial charge in [0.25, 0.3) is 0 Å². The number of pyridine rings is 1. The molecule has 1 heterocycles. The zero-order chi connectivity index (χ0) is 14.8. The summed E-state index contributed by atoms with van der Waals surface area (Å²) in [5.41, 5.74) is 2.15. The third kappa shape index (κ3) is 2.79. The second-order valence-electron chi connectivity index (χ2n) is 5.18. The predicted molar refractivity (Wildman–Crippen MR) is 81.3 cm³/mol. The van der Waals surface area contributed by atoms with Crippen LogP contribution in [-0.2, 0) is 9.53 Å². The summed E-state index contributed by atoms with van der Waals surface area (Å²) in [6.07, 6.45) is 3.38. The van der Waals surface area contributed by atoms with Crippen molar-refractivity contribution in [3.8, 4) is 0 Å². The Morgan fingerprint density at radius 3 is 2.57 bits per heavy atom. The van der Waals surface area contributed by atoms with Crippen LogP contribution in [0.25, 0.3) is 0 Å². The Morgan fingerprint density at radius 2 is 1.90 bits per heavy atom. The molecule has 1 aromatic carbocycles. The highest BCUT2D eigenvalue weighted by Gasteiger charge is 2.57. The number of carbonyl (C=O) groups excluding carboxylic acids is 1. The Morgan fingerprint density at radius 1 is 1.19 bits per heavy atom. The Labute approximate surface area is 128 Å². The molecule has 0 N–H and O–H groups in total. The molecule has 1 saturated carbocycles. The van der Waals surface area contributed by atoms with Crippen molar-refractivity contribution in [2.45, 2.75) is 18.8 Å². The molecule has 1 fully saturated rings. The van der Waals surface area contributed by atoms with E-state index in [1.807, 2.05) is 31.2 Å². The van der Waals surface area contributed by atoms with E-state index in [2.05, 4.69) is 17.1 Å². The smallest absolute Gasteiger partial charge is 0.310 e. The summed E-state index contributed by atoms with van der Waals surface area (Å²) in [6.45, 7) is 2.23. The summed E-state index contributed by atoms with van der Waals surface area (Å²) in [5.74, 6) is -0.0490. The predicted octanol–water partition coefficient (Wildman–Crippen LogP) is 3.80. The van der Waals surface area contributed by atoms with E-state index in [1.54, 1.807) is 12.4 Å². The van der Waals surface area contributed by atoms with Gasteiger partial charge in [0.2, 0.25) is 0 Å². The maximum Gasteiger partial charge on any atom is 0.310 e. The quantitative estimate of drug-likeness (QED) is 0.806. The van der Waals surface area contributed by atoms with Gasteiger partial charge in [-0.1, -0.05) is 41.9 Å². The van der Waals surface area contributed by atoms with E-state index in [9.17, 15) is 4.79 Å². The van der Waals surface area contributed by atoms with Crippen molar-refractivity contribution in [2.24, 2.45) is 5.92 Å². The fourth-order valence-electron chi connectivity index (χ4n) is 2.96. The fraction of sp³-hybridized carbons (Fsp3) is 0.294. The molecule has 3 nitrogen and oxygen atoms in total. The molecule has 0 aliphatic heterocycles. The number of carbonyl (C=O) groups is 1. The van der Waals surface area contributed by atoms with Crippen LogP contribution in [0.5, 0.6) is 0 Å². The minimum Gasteiger partial charge on any atom is -0.466 e. The van der Waals surface area contributed by atoms with Gasteiger partial charge in [0.05, 0.1) is 17.5 Å². The highest BCUT2D eigenvalue weighted by molar-refractivity contribution is 6.30. The number of aromatic nitrogens is 1. The van der Waals surface area contributed by atoms with Crippen LogP contribution in [0.15, 0.2) is 48.8 Å². The molecule has 1 aliphatic rings. The van der Waals surface area contributed by atoms with E-state index in [1.165, 1.54) is 0 Å². The Hall–Kier alpha value is -1.87. The van der Waals surface area contributed by atoms with Gasteiger partial charge in [0.15, 0.2) is 0 Å². The zero-order valence-corrected chi connectivity index (χ0v) is 12.5. The molecule has 21 heavy (non-hydrogen) atoms. The van der Waals surface area contributed by atoms with E-state index < -0.39 is 0 Å². The standard InChI is InChI=1S/C17H16ClNO2/c1-2-21-17(20)16-14(11-6-4-3-5-7-11)15(16)12-8-13(18)10-19-9-12/h3-10,14-16H,2H2,1H3. The van der Waals surface area contributed by atoms with Crippen molar-refractivity contribution >= 4 is 17.6 Å². The minimum atomic E-state index is -0.146. The summed E-state index contributed by atoms with van der Waals surface area (Å²) >= 11 is 6.02. The molecule has 1 aliphatic carbocycles. The lowest BCUT2D eigenvalue weighted by Gasteiger charge is -2.01. The normalized spacial score (nSPS) is 23.6. The Bertz CT molecular complexity index is 644. The van der Waals surface area contributed by atoms with Gasteiger partial charge < -0.3 is 4.74 Å².